The normalized spacial score (nSPS) is 17.4. The van der Waals surface area contributed by atoms with Gasteiger partial charge in [-0.05, 0) is 60.0 Å². The van der Waals surface area contributed by atoms with Crippen LogP contribution in [0.1, 0.15) is 25.3 Å². The van der Waals surface area contributed by atoms with E-state index < -0.39 is 0 Å². The molecule has 1 saturated carbocycles. The van der Waals surface area contributed by atoms with Gasteiger partial charge in [-0.25, -0.2) is 0 Å². The summed E-state index contributed by atoms with van der Waals surface area (Å²) in [6, 6.07) is 5.87. The number of rotatable bonds is 5. The van der Waals surface area contributed by atoms with Crippen molar-refractivity contribution in [3.63, 3.8) is 0 Å². The van der Waals surface area contributed by atoms with Gasteiger partial charge in [-0.2, -0.15) is 0 Å². The minimum Gasteiger partial charge on any atom is -0.488 e. The van der Waals surface area contributed by atoms with E-state index in [1.807, 2.05) is 18.2 Å². The Balaban J connectivity index is 2.18. The van der Waals surface area contributed by atoms with Gasteiger partial charge in [0.05, 0.1) is 0 Å². The lowest BCUT2D eigenvalue weighted by atomic mass is 10.2. The van der Waals surface area contributed by atoms with Gasteiger partial charge in [0, 0.05) is 23.8 Å². The standard InChI is InChI=1S/C11H14IN2OP/c1-11(4-5-11)15-9-2-3-10(14-16-12)8(6-9)7-13/h2-3,6-7,13-14,16H,4-5H2,1H3. The highest BCUT2D eigenvalue weighted by Crippen LogP contribution is 2.40. The van der Waals surface area contributed by atoms with Gasteiger partial charge in [-0.15, -0.1) is 0 Å². The molecule has 0 aromatic heterocycles. The highest BCUT2D eigenvalue weighted by atomic mass is 127. The van der Waals surface area contributed by atoms with Crippen LogP contribution in [0.5, 0.6) is 5.75 Å². The number of hydrogen-bond donors (Lipinski definition) is 2. The molecule has 5 heteroatoms. The van der Waals surface area contributed by atoms with Crippen molar-refractivity contribution in [1.29, 1.82) is 5.41 Å². The van der Waals surface area contributed by atoms with Gasteiger partial charge in [0.15, 0.2) is 0 Å². The van der Waals surface area contributed by atoms with Crippen molar-refractivity contribution >= 4 is 40.3 Å². The smallest absolute Gasteiger partial charge is 0.120 e. The van der Waals surface area contributed by atoms with Crippen LogP contribution >= 0.6 is 28.4 Å². The minimum absolute atomic E-state index is 0.0409. The van der Waals surface area contributed by atoms with Gasteiger partial charge in [0.1, 0.15) is 11.4 Å². The van der Waals surface area contributed by atoms with E-state index in [0.29, 0.717) is 6.37 Å². The van der Waals surface area contributed by atoms with E-state index in [2.05, 4.69) is 34.1 Å². The molecule has 1 fully saturated rings. The Bertz CT molecular complexity index is 407. The third kappa shape index (κ3) is 2.86. The molecule has 2 N–H and O–H groups in total. The minimum atomic E-state index is 0.0409. The van der Waals surface area contributed by atoms with Crippen molar-refractivity contribution in [1.82, 2.24) is 0 Å². The van der Waals surface area contributed by atoms with E-state index >= 15 is 0 Å². The highest BCUT2D eigenvalue weighted by Gasteiger charge is 2.40. The first-order valence-corrected chi connectivity index (χ1v) is 9.23. The number of anilines is 1. The zero-order valence-corrected chi connectivity index (χ0v) is 12.2. The van der Waals surface area contributed by atoms with Gasteiger partial charge >= 0.3 is 0 Å². The number of hydrogen-bond acceptors (Lipinski definition) is 3. The molecule has 0 saturated heterocycles. The summed E-state index contributed by atoms with van der Waals surface area (Å²) in [5.74, 6) is 0.862. The summed E-state index contributed by atoms with van der Waals surface area (Å²) in [7, 11) is 0. The molecule has 1 atom stereocenters. The van der Waals surface area contributed by atoms with Gasteiger partial charge in [-0.3, -0.25) is 0 Å². The fraction of sp³-hybridized carbons (Fsp3) is 0.364. The fourth-order valence-corrected chi connectivity index (χ4v) is 2.65. The molecule has 0 bridgehead atoms. The molecule has 0 aliphatic heterocycles. The third-order valence-corrected chi connectivity index (χ3v) is 3.85. The van der Waals surface area contributed by atoms with Crippen molar-refractivity contribution < 1.29 is 4.74 Å². The molecule has 0 spiro atoms. The first-order valence-electron chi connectivity index (χ1n) is 5.12. The average molecular weight is 348 g/mol. The molecule has 0 radical (unpaired) electrons. The maximum Gasteiger partial charge on any atom is 0.120 e. The molecular formula is C11H14IN2OP. The van der Waals surface area contributed by atoms with E-state index in [4.69, 9.17) is 10.1 Å². The predicted octanol–water partition coefficient (Wildman–Crippen LogP) is 3.97. The maximum atomic E-state index is 7.39. The molecule has 1 aliphatic rings. The van der Waals surface area contributed by atoms with Crippen molar-refractivity contribution in [2.75, 3.05) is 5.09 Å². The van der Waals surface area contributed by atoms with Crippen LogP contribution in [0.3, 0.4) is 0 Å². The molecule has 86 valence electrons. The molecule has 0 amide bonds. The Morgan fingerprint density at radius 3 is 2.88 bits per heavy atom. The summed E-state index contributed by atoms with van der Waals surface area (Å²) in [6.45, 7) is 2.12. The summed E-state index contributed by atoms with van der Waals surface area (Å²) in [5, 5.41) is 10.6. The van der Waals surface area contributed by atoms with Crippen LogP contribution in [-0.4, -0.2) is 11.8 Å². The molecular weight excluding hydrogens is 334 g/mol. The summed E-state index contributed by atoms with van der Waals surface area (Å²) in [4.78, 5) is 0. The first kappa shape index (κ1) is 12.1. The van der Waals surface area contributed by atoms with E-state index in [1.165, 1.54) is 6.21 Å². The molecule has 1 aromatic carbocycles. The summed E-state index contributed by atoms with van der Waals surface area (Å²) >= 11 is 2.28. The van der Waals surface area contributed by atoms with Gasteiger partial charge in [0.2, 0.25) is 0 Å². The average Bonchev–Trinajstić information content (AvgIpc) is 2.99. The molecule has 3 nitrogen and oxygen atoms in total. The molecule has 1 aromatic rings. The zero-order chi connectivity index (χ0) is 11.6. The lowest BCUT2D eigenvalue weighted by Gasteiger charge is -2.14. The largest absolute Gasteiger partial charge is 0.488 e. The lowest BCUT2D eigenvalue weighted by Crippen LogP contribution is -2.12. The number of benzene rings is 1. The zero-order valence-electron chi connectivity index (χ0n) is 9.01. The van der Waals surface area contributed by atoms with E-state index in [1.54, 1.807) is 0 Å². The second-order valence-corrected chi connectivity index (χ2v) is 6.22. The topological polar surface area (TPSA) is 45.1 Å². The molecule has 1 unspecified atom stereocenters. The van der Waals surface area contributed by atoms with Gasteiger partial charge in [-0.1, -0.05) is 0 Å². The summed E-state index contributed by atoms with van der Waals surface area (Å²) in [6.07, 6.45) is 4.23. The molecule has 2 rings (SSSR count). The SMILES string of the molecule is CC1(Oc2ccc(NPI)c(C=N)c2)CC1. The second kappa shape index (κ2) is 4.88. The molecule has 16 heavy (non-hydrogen) atoms. The summed E-state index contributed by atoms with van der Waals surface area (Å²) < 4.78 is 5.86. The van der Waals surface area contributed by atoms with Crippen molar-refractivity contribution in [3.8, 4) is 5.75 Å². The van der Waals surface area contributed by atoms with Gasteiger partial charge < -0.3 is 15.2 Å². The van der Waals surface area contributed by atoms with Crippen LogP contribution in [0, 0.1) is 5.41 Å². The molecule has 0 heterocycles. The van der Waals surface area contributed by atoms with Crippen LogP contribution in [0.2, 0.25) is 0 Å². The highest BCUT2D eigenvalue weighted by molar-refractivity contribution is 14.2. The number of nitrogens with one attached hydrogen (secondary N) is 2. The lowest BCUT2D eigenvalue weighted by molar-refractivity contribution is 0.200. The van der Waals surface area contributed by atoms with Crippen LogP contribution in [0.4, 0.5) is 5.69 Å². The van der Waals surface area contributed by atoms with Crippen LogP contribution in [0.25, 0.3) is 0 Å². The number of halogens is 1. The predicted molar refractivity (Wildman–Crippen MR) is 78.6 cm³/mol. The number of ether oxygens (including phenoxy) is 1. The third-order valence-electron chi connectivity index (χ3n) is 2.68. The monoisotopic (exact) mass is 348 g/mol. The van der Waals surface area contributed by atoms with E-state index in [-0.39, 0.29) is 5.60 Å². The van der Waals surface area contributed by atoms with Crippen LogP contribution in [0.15, 0.2) is 18.2 Å². The Hall–Kier alpha value is -0.350. The Labute approximate surface area is 110 Å². The Kier molecular flexibility index (Phi) is 3.70. The quantitative estimate of drug-likeness (QED) is 0.481. The second-order valence-electron chi connectivity index (χ2n) is 4.16. The summed E-state index contributed by atoms with van der Waals surface area (Å²) in [5.41, 5.74) is 1.92. The Morgan fingerprint density at radius 1 is 1.56 bits per heavy atom. The van der Waals surface area contributed by atoms with E-state index in [0.717, 1.165) is 29.8 Å². The first-order chi connectivity index (χ1) is 7.67. The maximum absolute atomic E-state index is 7.39. The van der Waals surface area contributed by atoms with Crippen LogP contribution in [-0.2, 0) is 0 Å². The van der Waals surface area contributed by atoms with Crippen molar-refractivity contribution in [2.24, 2.45) is 0 Å². The fourth-order valence-electron chi connectivity index (χ4n) is 1.45. The van der Waals surface area contributed by atoms with Crippen molar-refractivity contribution in [3.05, 3.63) is 23.8 Å². The molecule has 1 aliphatic carbocycles. The van der Waals surface area contributed by atoms with E-state index in [9.17, 15) is 0 Å². The Morgan fingerprint density at radius 2 is 2.31 bits per heavy atom. The van der Waals surface area contributed by atoms with Gasteiger partial charge in [0.25, 0.3) is 0 Å². The van der Waals surface area contributed by atoms with Crippen LogP contribution < -0.4 is 9.82 Å². The van der Waals surface area contributed by atoms with Crippen molar-refractivity contribution in [2.45, 2.75) is 25.4 Å².